The number of carbonyl (C=O) groups excluding carboxylic acids is 2. The van der Waals surface area contributed by atoms with Crippen LogP contribution in [-0.4, -0.2) is 34.0 Å². The molecule has 0 amide bonds. The van der Waals surface area contributed by atoms with Gasteiger partial charge in [0.05, 0.1) is 0 Å². The summed E-state index contributed by atoms with van der Waals surface area (Å²) in [7, 11) is 0. The minimum atomic E-state index is -1.08. The van der Waals surface area contributed by atoms with Gasteiger partial charge in [0.25, 0.3) is 0 Å². The van der Waals surface area contributed by atoms with E-state index in [2.05, 4.69) is 0 Å². The van der Waals surface area contributed by atoms with Crippen molar-refractivity contribution < 1.29 is 19.8 Å². The molecule has 0 heterocycles. The third-order valence-electron chi connectivity index (χ3n) is 1.60. The number of Topliss-reactive ketones (excluding diaryl/α,β-unsaturated/α-hetero) is 2. The Labute approximate surface area is 71.2 Å². The first-order valence-corrected chi connectivity index (χ1v) is 3.84. The van der Waals surface area contributed by atoms with E-state index in [-0.39, 0.29) is 24.4 Å². The van der Waals surface area contributed by atoms with Gasteiger partial charge in [0.15, 0.2) is 11.6 Å². The summed E-state index contributed by atoms with van der Waals surface area (Å²) >= 11 is 0. The lowest BCUT2D eigenvalue weighted by Crippen LogP contribution is -2.22. The van der Waals surface area contributed by atoms with Crippen molar-refractivity contribution in [3.63, 3.8) is 0 Å². The number of carbonyl (C=O) groups is 2. The largest absolute Gasteiger partial charge is 0.386 e. The van der Waals surface area contributed by atoms with Gasteiger partial charge in [0.1, 0.15) is 12.2 Å². The number of aliphatic hydroxyl groups excluding tert-OH is 2. The first-order valence-electron chi connectivity index (χ1n) is 3.84. The molecule has 70 valence electrons. The molecule has 4 nitrogen and oxygen atoms in total. The number of hydrogen-bond donors (Lipinski definition) is 2. The minimum absolute atomic E-state index is 0.0401. The highest BCUT2D eigenvalue weighted by Gasteiger charge is 2.14. The molecule has 0 aliphatic heterocycles. The van der Waals surface area contributed by atoms with E-state index in [0.717, 1.165) is 0 Å². The maximum atomic E-state index is 10.8. The molecule has 0 bridgehead atoms. The van der Waals surface area contributed by atoms with Gasteiger partial charge in [-0.3, -0.25) is 9.59 Å². The number of aliphatic hydroxyl groups is 2. The van der Waals surface area contributed by atoms with Gasteiger partial charge in [-0.1, -0.05) is 0 Å². The van der Waals surface area contributed by atoms with Gasteiger partial charge in [-0.15, -0.1) is 0 Å². The lowest BCUT2D eigenvalue weighted by Gasteiger charge is -2.06. The fourth-order valence-electron chi connectivity index (χ4n) is 0.691. The lowest BCUT2D eigenvalue weighted by molar-refractivity contribution is -0.128. The second-order valence-electron chi connectivity index (χ2n) is 2.81. The van der Waals surface area contributed by atoms with Gasteiger partial charge in [0.2, 0.25) is 0 Å². The fraction of sp³-hybridized carbons (Fsp3) is 0.750. The van der Waals surface area contributed by atoms with Crippen molar-refractivity contribution in [2.75, 3.05) is 0 Å². The van der Waals surface area contributed by atoms with E-state index in [1.807, 2.05) is 0 Å². The summed E-state index contributed by atoms with van der Waals surface area (Å²) in [6.45, 7) is 2.62. The second-order valence-corrected chi connectivity index (χ2v) is 2.81. The Morgan fingerprint density at radius 3 is 2.17 bits per heavy atom. The molecule has 0 saturated carbocycles. The Hall–Kier alpha value is -0.740. The number of ketones is 2. The van der Waals surface area contributed by atoms with Gasteiger partial charge in [-0.25, -0.2) is 0 Å². The molecule has 0 saturated heterocycles. The zero-order valence-corrected chi connectivity index (χ0v) is 7.28. The van der Waals surface area contributed by atoms with Crippen LogP contribution in [0.3, 0.4) is 0 Å². The molecular weight excluding hydrogens is 160 g/mol. The number of hydrogen-bond acceptors (Lipinski definition) is 4. The molecule has 12 heavy (non-hydrogen) atoms. The maximum Gasteiger partial charge on any atom is 0.161 e. The molecule has 0 spiro atoms. The highest BCUT2D eigenvalue weighted by atomic mass is 16.3. The van der Waals surface area contributed by atoms with Crippen LogP contribution >= 0.6 is 0 Å². The molecule has 0 radical (unpaired) electrons. The molecule has 0 aromatic heterocycles. The standard InChI is InChI=1S/C8H14O4/c1-5(9)7(11)3-4-8(12)6(2)10/h5,8-9,12H,3-4H2,1-2H3/t5?,8-/m1/s1. The number of rotatable bonds is 5. The van der Waals surface area contributed by atoms with Crippen molar-refractivity contribution in [2.45, 2.75) is 38.9 Å². The summed E-state index contributed by atoms with van der Waals surface area (Å²) in [6.07, 6.45) is -1.95. The van der Waals surface area contributed by atoms with Gasteiger partial charge >= 0.3 is 0 Å². The molecule has 0 aliphatic carbocycles. The van der Waals surface area contributed by atoms with Crippen molar-refractivity contribution in [1.82, 2.24) is 0 Å². The van der Waals surface area contributed by atoms with Gasteiger partial charge in [0, 0.05) is 6.42 Å². The van der Waals surface area contributed by atoms with Crippen LogP contribution in [0.2, 0.25) is 0 Å². The highest BCUT2D eigenvalue weighted by molar-refractivity contribution is 5.84. The van der Waals surface area contributed by atoms with Crippen LogP contribution in [0.5, 0.6) is 0 Å². The lowest BCUT2D eigenvalue weighted by atomic mass is 10.1. The Balaban J connectivity index is 3.69. The normalized spacial score (nSPS) is 15.3. The van der Waals surface area contributed by atoms with Crippen LogP contribution in [0.1, 0.15) is 26.7 Å². The Kier molecular flexibility index (Phi) is 4.70. The third-order valence-corrected chi connectivity index (χ3v) is 1.60. The van der Waals surface area contributed by atoms with E-state index in [4.69, 9.17) is 10.2 Å². The summed E-state index contributed by atoms with van der Waals surface area (Å²) < 4.78 is 0. The predicted octanol–water partition coefficient (Wildman–Crippen LogP) is -0.334. The molecule has 4 heteroatoms. The van der Waals surface area contributed by atoms with Crippen molar-refractivity contribution in [1.29, 1.82) is 0 Å². The zero-order valence-electron chi connectivity index (χ0n) is 7.28. The van der Waals surface area contributed by atoms with Crippen molar-refractivity contribution in [3.05, 3.63) is 0 Å². The molecule has 1 unspecified atom stereocenters. The SMILES string of the molecule is CC(=O)[C@H](O)CCC(=O)C(C)O. The Morgan fingerprint density at radius 2 is 1.83 bits per heavy atom. The summed E-state index contributed by atoms with van der Waals surface area (Å²) in [6, 6.07) is 0. The van der Waals surface area contributed by atoms with Gasteiger partial charge < -0.3 is 10.2 Å². The van der Waals surface area contributed by atoms with Crippen molar-refractivity contribution in [3.8, 4) is 0 Å². The van der Waals surface area contributed by atoms with Gasteiger partial charge in [-0.2, -0.15) is 0 Å². The second kappa shape index (κ2) is 5.00. The summed E-state index contributed by atoms with van der Waals surface area (Å²) in [5, 5.41) is 17.7. The molecule has 2 atom stereocenters. The van der Waals surface area contributed by atoms with Crippen molar-refractivity contribution >= 4 is 11.6 Å². The Morgan fingerprint density at radius 1 is 1.33 bits per heavy atom. The highest BCUT2D eigenvalue weighted by Crippen LogP contribution is 2.01. The molecule has 0 aliphatic rings. The molecule has 0 fully saturated rings. The minimum Gasteiger partial charge on any atom is -0.386 e. The van der Waals surface area contributed by atoms with Crippen LogP contribution in [0.4, 0.5) is 0 Å². The van der Waals surface area contributed by atoms with Crippen LogP contribution < -0.4 is 0 Å². The van der Waals surface area contributed by atoms with E-state index < -0.39 is 12.2 Å². The zero-order chi connectivity index (χ0) is 9.72. The molecule has 0 aromatic carbocycles. The van der Waals surface area contributed by atoms with Crippen LogP contribution in [0.25, 0.3) is 0 Å². The van der Waals surface area contributed by atoms with Crippen molar-refractivity contribution in [2.24, 2.45) is 0 Å². The molecular formula is C8H14O4. The van der Waals surface area contributed by atoms with Crippen LogP contribution in [0.15, 0.2) is 0 Å². The van der Waals surface area contributed by atoms with E-state index in [0.29, 0.717) is 0 Å². The monoisotopic (exact) mass is 174 g/mol. The smallest absolute Gasteiger partial charge is 0.161 e. The molecule has 2 N–H and O–H groups in total. The van der Waals surface area contributed by atoms with Crippen LogP contribution in [0, 0.1) is 0 Å². The van der Waals surface area contributed by atoms with E-state index in [9.17, 15) is 9.59 Å². The van der Waals surface area contributed by atoms with Gasteiger partial charge in [-0.05, 0) is 20.3 Å². The first-order chi connectivity index (χ1) is 5.45. The first kappa shape index (κ1) is 11.3. The third kappa shape index (κ3) is 4.20. The average molecular weight is 174 g/mol. The quantitative estimate of drug-likeness (QED) is 0.598. The summed E-state index contributed by atoms with van der Waals surface area (Å²) in [5.74, 6) is -0.705. The molecule has 0 rings (SSSR count). The van der Waals surface area contributed by atoms with Crippen LogP contribution in [-0.2, 0) is 9.59 Å². The maximum absolute atomic E-state index is 10.8. The van der Waals surface area contributed by atoms with E-state index >= 15 is 0 Å². The Bertz CT molecular complexity index is 174. The van der Waals surface area contributed by atoms with E-state index in [1.54, 1.807) is 0 Å². The molecule has 0 aromatic rings. The topological polar surface area (TPSA) is 74.6 Å². The average Bonchev–Trinajstić information content (AvgIpc) is 1.98. The summed E-state index contributed by atoms with van der Waals surface area (Å²) in [5.41, 5.74) is 0. The van der Waals surface area contributed by atoms with E-state index in [1.165, 1.54) is 13.8 Å². The summed E-state index contributed by atoms with van der Waals surface area (Å²) in [4.78, 5) is 21.3. The predicted molar refractivity (Wildman–Crippen MR) is 42.6 cm³/mol. The fourth-order valence-corrected chi connectivity index (χ4v) is 0.691.